The number of rotatable bonds is 3. The molecule has 1 heterocycles. The minimum atomic E-state index is -0.200. The maximum atomic E-state index is 13.9. The van der Waals surface area contributed by atoms with Crippen LogP contribution < -0.4 is 5.73 Å². The molecule has 0 unspecified atom stereocenters. The van der Waals surface area contributed by atoms with Crippen LogP contribution in [0.2, 0.25) is 0 Å². The first-order valence-electron chi connectivity index (χ1n) is 6.99. The maximum Gasteiger partial charge on any atom is 0.131 e. The highest BCUT2D eigenvalue weighted by atomic mass is 32.1. The van der Waals surface area contributed by atoms with E-state index in [1.54, 1.807) is 23.5 Å². The van der Waals surface area contributed by atoms with Crippen LogP contribution in [-0.4, -0.2) is 4.98 Å². The molecular weight excluding hydrogens is 283 g/mol. The van der Waals surface area contributed by atoms with Gasteiger partial charge in [0.1, 0.15) is 10.8 Å². The van der Waals surface area contributed by atoms with E-state index in [4.69, 9.17) is 10.7 Å². The fourth-order valence-corrected chi connectivity index (χ4v) is 3.66. The zero-order valence-electron chi connectivity index (χ0n) is 12.1. The Labute approximate surface area is 127 Å². The SMILES string of the molecule is CC(C)c1nc(-c2ccc(F)c3ccccc23)sc1CN. The van der Waals surface area contributed by atoms with Gasteiger partial charge in [0.15, 0.2) is 0 Å². The molecule has 2 aromatic carbocycles. The second-order valence-electron chi connectivity index (χ2n) is 5.33. The van der Waals surface area contributed by atoms with E-state index in [0.29, 0.717) is 17.8 Å². The normalized spacial score (nSPS) is 11.5. The average molecular weight is 300 g/mol. The van der Waals surface area contributed by atoms with Crippen molar-refractivity contribution < 1.29 is 4.39 Å². The van der Waals surface area contributed by atoms with Crippen LogP contribution in [0, 0.1) is 5.82 Å². The lowest BCUT2D eigenvalue weighted by molar-refractivity contribution is 0.640. The molecule has 0 aliphatic carbocycles. The van der Waals surface area contributed by atoms with E-state index in [-0.39, 0.29) is 5.82 Å². The second kappa shape index (κ2) is 5.54. The van der Waals surface area contributed by atoms with Gasteiger partial charge < -0.3 is 5.73 Å². The number of aromatic nitrogens is 1. The summed E-state index contributed by atoms with van der Waals surface area (Å²) in [5, 5.41) is 2.44. The summed E-state index contributed by atoms with van der Waals surface area (Å²) in [5.74, 6) is 0.134. The van der Waals surface area contributed by atoms with Gasteiger partial charge in [-0.05, 0) is 23.4 Å². The van der Waals surface area contributed by atoms with Crippen molar-refractivity contribution in [2.75, 3.05) is 0 Å². The van der Waals surface area contributed by atoms with E-state index in [2.05, 4.69) is 13.8 Å². The molecule has 4 heteroatoms. The number of benzene rings is 2. The fourth-order valence-electron chi connectivity index (χ4n) is 2.52. The predicted molar refractivity (Wildman–Crippen MR) is 87.0 cm³/mol. The summed E-state index contributed by atoms with van der Waals surface area (Å²) >= 11 is 1.60. The minimum Gasteiger partial charge on any atom is -0.326 e. The van der Waals surface area contributed by atoms with Crippen molar-refractivity contribution >= 4 is 22.1 Å². The predicted octanol–water partition coefficient (Wildman–Crippen LogP) is 4.68. The first kappa shape index (κ1) is 14.2. The Bertz CT molecular complexity index is 793. The highest BCUT2D eigenvalue weighted by Crippen LogP contribution is 2.36. The van der Waals surface area contributed by atoms with Gasteiger partial charge in [0.25, 0.3) is 0 Å². The third-order valence-corrected chi connectivity index (χ3v) is 4.69. The summed E-state index contributed by atoms with van der Waals surface area (Å²) in [7, 11) is 0. The van der Waals surface area contributed by atoms with E-state index in [0.717, 1.165) is 26.5 Å². The van der Waals surface area contributed by atoms with Gasteiger partial charge in [0.2, 0.25) is 0 Å². The lowest BCUT2D eigenvalue weighted by Crippen LogP contribution is -1.99. The van der Waals surface area contributed by atoms with Gasteiger partial charge in [0.05, 0.1) is 5.69 Å². The standard InChI is InChI=1S/C17H17FN2S/c1-10(2)16-15(9-19)21-17(20-16)13-7-8-14(18)12-6-4-3-5-11(12)13/h3-8,10H,9,19H2,1-2H3. The number of nitrogens with zero attached hydrogens (tertiary/aromatic N) is 1. The summed E-state index contributed by atoms with van der Waals surface area (Å²) in [6.07, 6.45) is 0. The Morgan fingerprint density at radius 2 is 1.86 bits per heavy atom. The van der Waals surface area contributed by atoms with Gasteiger partial charge in [-0.3, -0.25) is 0 Å². The minimum absolute atomic E-state index is 0.200. The maximum absolute atomic E-state index is 13.9. The molecular formula is C17H17FN2S. The summed E-state index contributed by atoms with van der Waals surface area (Å²) < 4.78 is 13.9. The van der Waals surface area contributed by atoms with Crippen molar-refractivity contribution in [1.29, 1.82) is 0 Å². The number of halogens is 1. The summed E-state index contributed by atoms with van der Waals surface area (Å²) in [6.45, 7) is 4.71. The molecule has 0 atom stereocenters. The van der Waals surface area contributed by atoms with Crippen LogP contribution >= 0.6 is 11.3 Å². The van der Waals surface area contributed by atoms with Crippen LogP contribution in [0.3, 0.4) is 0 Å². The monoisotopic (exact) mass is 300 g/mol. The van der Waals surface area contributed by atoms with Gasteiger partial charge in [-0.1, -0.05) is 38.1 Å². The largest absolute Gasteiger partial charge is 0.326 e. The van der Waals surface area contributed by atoms with Crippen LogP contribution in [-0.2, 0) is 6.54 Å². The average Bonchev–Trinajstić information content (AvgIpc) is 2.92. The Balaban J connectivity index is 2.24. The molecule has 3 aromatic rings. The van der Waals surface area contributed by atoms with Crippen molar-refractivity contribution in [3.63, 3.8) is 0 Å². The van der Waals surface area contributed by atoms with Crippen molar-refractivity contribution in [3.05, 3.63) is 52.8 Å². The first-order chi connectivity index (χ1) is 10.1. The van der Waals surface area contributed by atoms with Crippen LogP contribution in [0.5, 0.6) is 0 Å². The number of hydrogen-bond acceptors (Lipinski definition) is 3. The number of thiazole rings is 1. The molecule has 0 saturated carbocycles. The zero-order chi connectivity index (χ0) is 15.0. The van der Waals surface area contributed by atoms with Gasteiger partial charge in [-0.25, -0.2) is 9.37 Å². The van der Waals surface area contributed by atoms with Gasteiger partial charge in [-0.15, -0.1) is 11.3 Å². The Hall–Kier alpha value is -1.78. The van der Waals surface area contributed by atoms with Crippen molar-refractivity contribution in [3.8, 4) is 10.6 Å². The van der Waals surface area contributed by atoms with E-state index in [1.807, 2.05) is 18.2 Å². The van der Waals surface area contributed by atoms with Crippen molar-refractivity contribution in [1.82, 2.24) is 4.98 Å². The Morgan fingerprint density at radius 1 is 1.14 bits per heavy atom. The molecule has 0 fully saturated rings. The molecule has 0 radical (unpaired) electrons. The Morgan fingerprint density at radius 3 is 2.48 bits per heavy atom. The molecule has 0 bridgehead atoms. The summed E-state index contributed by atoms with van der Waals surface area (Å²) in [5.41, 5.74) is 7.85. The van der Waals surface area contributed by atoms with E-state index < -0.39 is 0 Å². The van der Waals surface area contributed by atoms with Crippen LogP contribution in [0.15, 0.2) is 36.4 Å². The van der Waals surface area contributed by atoms with Crippen molar-refractivity contribution in [2.45, 2.75) is 26.3 Å². The summed E-state index contributed by atoms with van der Waals surface area (Å²) in [4.78, 5) is 5.85. The molecule has 0 amide bonds. The lowest BCUT2D eigenvalue weighted by Gasteiger charge is -2.05. The first-order valence-corrected chi connectivity index (χ1v) is 7.80. The topological polar surface area (TPSA) is 38.9 Å². The smallest absolute Gasteiger partial charge is 0.131 e. The van der Waals surface area contributed by atoms with Crippen LogP contribution in [0.4, 0.5) is 4.39 Å². The lowest BCUT2D eigenvalue weighted by atomic mass is 10.0. The molecule has 0 spiro atoms. The molecule has 0 aliphatic heterocycles. The highest BCUT2D eigenvalue weighted by Gasteiger charge is 2.16. The van der Waals surface area contributed by atoms with E-state index in [9.17, 15) is 4.39 Å². The molecule has 21 heavy (non-hydrogen) atoms. The summed E-state index contributed by atoms with van der Waals surface area (Å²) in [6, 6.07) is 10.8. The highest BCUT2D eigenvalue weighted by molar-refractivity contribution is 7.15. The molecule has 0 saturated heterocycles. The second-order valence-corrected chi connectivity index (χ2v) is 6.41. The van der Waals surface area contributed by atoms with Gasteiger partial charge in [0, 0.05) is 22.4 Å². The van der Waals surface area contributed by atoms with Gasteiger partial charge in [-0.2, -0.15) is 0 Å². The molecule has 108 valence electrons. The molecule has 1 aromatic heterocycles. The number of hydrogen-bond donors (Lipinski definition) is 1. The van der Waals surface area contributed by atoms with Crippen LogP contribution in [0.25, 0.3) is 21.3 Å². The Kier molecular flexibility index (Phi) is 3.74. The molecule has 3 rings (SSSR count). The third kappa shape index (κ3) is 2.45. The molecule has 0 aliphatic rings. The third-order valence-electron chi connectivity index (χ3n) is 3.56. The van der Waals surface area contributed by atoms with Crippen LogP contribution in [0.1, 0.15) is 30.3 Å². The van der Waals surface area contributed by atoms with E-state index in [1.165, 1.54) is 6.07 Å². The fraction of sp³-hybridized carbons (Fsp3) is 0.235. The quantitative estimate of drug-likeness (QED) is 0.762. The number of fused-ring (bicyclic) bond motifs is 1. The van der Waals surface area contributed by atoms with Gasteiger partial charge >= 0.3 is 0 Å². The van der Waals surface area contributed by atoms with E-state index >= 15 is 0 Å². The number of nitrogens with two attached hydrogens (primary N) is 1. The molecule has 2 N–H and O–H groups in total. The van der Waals surface area contributed by atoms with Crippen molar-refractivity contribution in [2.24, 2.45) is 5.73 Å². The zero-order valence-corrected chi connectivity index (χ0v) is 12.9. The molecule has 2 nitrogen and oxygen atoms in total.